The molecule has 0 heterocycles. The van der Waals surface area contributed by atoms with Crippen LogP contribution in [0.2, 0.25) is 10.0 Å². The van der Waals surface area contributed by atoms with Gasteiger partial charge >= 0.3 is 5.97 Å². The molecule has 0 aromatic heterocycles. The zero-order valence-electron chi connectivity index (χ0n) is 13.9. The molecule has 0 aliphatic heterocycles. The Labute approximate surface area is 165 Å². The van der Waals surface area contributed by atoms with E-state index in [1.54, 1.807) is 0 Å². The summed E-state index contributed by atoms with van der Waals surface area (Å²) in [7, 11) is 0. The van der Waals surface area contributed by atoms with Gasteiger partial charge in [0.2, 0.25) is 0 Å². The van der Waals surface area contributed by atoms with Crippen molar-refractivity contribution in [3.8, 4) is 11.8 Å². The highest BCUT2D eigenvalue weighted by molar-refractivity contribution is 6.37. The van der Waals surface area contributed by atoms with Gasteiger partial charge in [0.15, 0.2) is 12.4 Å². The summed E-state index contributed by atoms with van der Waals surface area (Å²) in [5, 5.41) is 20.7. The quantitative estimate of drug-likeness (QED) is 0.541. The number of rotatable bonds is 7. The van der Waals surface area contributed by atoms with Gasteiger partial charge in [-0.2, -0.15) is 5.26 Å². The summed E-state index contributed by atoms with van der Waals surface area (Å²) in [6.45, 7) is -0.317. The molecule has 0 spiro atoms. The van der Waals surface area contributed by atoms with Gasteiger partial charge < -0.3 is 15.2 Å². The summed E-state index contributed by atoms with van der Waals surface area (Å²) in [6, 6.07) is 13.9. The third kappa shape index (κ3) is 6.03. The molecule has 0 bridgehead atoms. The highest BCUT2D eigenvalue weighted by atomic mass is 35.5. The monoisotopic (exact) mass is 404 g/mol. The summed E-state index contributed by atoms with van der Waals surface area (Å²) in [5.41, 5.74) is 1.17. The lowest BCUT2D eigenvalue weighted by Crippen LogP contribution is -2.23. The first-order valence-corrected chi connectivity index (χ1v) is 8.44. The Balaban J connectivity index is 2.15. The van der Waals surface area contributed by atoms with Gasteiger partial charge in [0.05, 0.1) is 10.0 Å². The summed E-state index contributed by atoms with van der Waals surface area (Å²) in [6.07, 6.45) is 1.33. The summed E-state index contributed by atoms with van der Waals surface area (Å²) < 4.78 is 5.02. The average molecular weight is 405 g/mol. The number of benzene rings is 2. The Hall–Kier alpha value is -3.01. The molecule has 0 unspecified atom stereocenters. The number of carboxylic acids is 1. The van der Waals surface area contributed by atoms with Crippen LogP contribution in [0.25, 0.3) is 6.08 Å². The minimum Gasteiger partial charge on any atom is -0.479 e. The molecule has 2 rings (SSSR count). The summed E-state index contributed by atoms with van der Waals surface area (Å²) >= 11 is 12.1. The van der Waals surface area contributed by atoms with Crippen LogP contribution in [0, 0.1) is 11.3 Å². The molecule has 0 atom stereocenters. The average Bonchev–Trinajstić information content (AvgIpc) is 2.64. The van der Waals surface area contributed by atoms with Gasteiger partial charge in [-0.05, 0) is 29.3 Å². The fourth-order valence-electron chi connectivity index (χ4n) is 2.12. The van der Waals surface area contributed by atoms with E-state index in [0.717, 1.165) is 5.56 Å². The van der Waals surface area contributed by atoms with E-state index in [2.05, 4.69) is 5.32 Å². The zero-order valence-corrected chi connectivity index (χ0v) is 15.4. The van der Waals surface area contributed by atoms with Gasteiger partial charge in [0, 0.05) is 6.54 Å². The predicted octanol–water partition coefficient (Wildman–Crippen LogP) is 3.68. The number of hydrogen-bond acceptors (Lipinski definition) is 4. The number of aliphatic carboxylic acids is 1. The van der Waals surface area contributed by atoms with Gasteiger partial charge in [0.1, 0.15) is 11.6 Å². The lowest BCUT2D eigenvalue weighted by Gasteiger charge is -2.09. The van der Waals surface area contributed by atoms with E-state index in [9.17, 15) is 14.9 Å². The second-order valence-electron chi connectivity index (χ2n) is 5.33. The second-order valence-corrected chi connectivity index (χ2v) is 6.15. The number of carbonyl (C=O) groups is 2. The summed E-state index contributed by atoms with van der Waals surface area (Å²) in [4.78, 5) is 22.8. The van der Waals surface area contributed by atoms with Crippen molar-refractivity contribution >= 4 is 41.2 Å². The van der Waals surface area contributed by atoms with Gasteiger partial charge in [-0.3, -0.25) is 4.79 Å². The van der Waals surface area contributed by atoms with Crippen LogP contribution in [0.1, 0.15) is 11.1 Å². The van der Waals surface area contributed by atoms with Crippen LogP contribution in [0.5, 0.6) is 5.75 Å². The molecule has 8 heteroatoms. The Morgan fingerprint density at radius 2 is 1.81 bits per heavy atom. The molecule has 0 fully saturated rings. The maximum atomic E-state index is 12.2. The standard InChI is InChI=1S/C19H14Cl2N2O4/c20-15-7-13(8-16(21)18(15)27-11-17(24)25)6-14(9-22)19(26)23-10-12-4-2-1-3-5-12/h1-8H,10-11H2,(H,23,26)(H,24,25)/b14-6-. The Morgan fingerprint density at radius 1 is 1.19 bits per heavy atom. The first kappa shape index (κ1) is 20.3. The third-order valence-electron chi connectivity index (χ3n) is 3.33. The third-order valence-corrected chi connectivity index (χ3v) is 3.89. The SMILES string of the molecule is N#C/C(=C/c1cc(Cl)c(OCC(=O)O)c(Cl)c1)C(=O)NCc1ccccc1. The minimum absolute atomic E-state index is 0.0184. The molecule has 0 aliphatic rings. The first-order chi connectivity index (χ1) is 12.9. The maximum Gasteiger partial charge on any atom is 0.341 e. The lowest BCUT2D eigenvalue weighted by molar-refractivity contribution is -0.139. The molecule has 0 saturated carbocycles. The van der Waals surface area contributed by atoms with Gasteiger partial charge in [-0.1, -0.05) is 53.5 Å². The van der Waals surface area contributed by atoms with Gasteiger partial charge in [0.25, 0.3) is 5.91 Å². The molecule has 2 aromatic rings. The van der Waals surface area contributed by atoms with Crippen LogP contribution in [-0.4, -0.2) is 23.6 Å². The molecule has 27 heavy (non-hydrogen) atoms. The van der Waals surface area contributed by atoms with Crippen molar-refractivity contribution in [1.29, 1.82) is 5.26 Å². The number of carbonyl (C=O) groups excluding carboxylic acids is 1. The normalized spacial score (nSPS) is 10.8. The highest BCUT2D eigenvalue weighted by Crippen LogP contribution is 2.34. The summed E-state index contributed by atoms with van der Waals surface area (Å²) in [5.74, 6) is -1.70. The topological polar surface area (TPSA) is 99.4 Å². The number of nitriles is 1. The number of nitrogens with zero attached hydrogens (tertiary/aromatic N) is 1. The number of nitrogens with one attached hydrogen (secondary N) is 1. The van der Waals surface area contributed by atoms with E-state index in [1.807, 2.05) is 36.4 Å². The first-order valence-electron chi connectivity index (χ1n) is 7.68. The fourth-order valence-corrected chi connectivity index (χ4v) is 2.74. The number of hydrogen-bond donors (Lipinski definition) is 2. The van der Waals surface area contributed by atoms with Gasteiger partial charge in [-0.25, -0.2) is 4.79 Å². The number of ether oxygens (including phenoxy) is 1. The van der Waals surface area contributed by atoms with Gasteiger partial charge in [-0.15, -0.1) is 0 Å². The van der Waals surface area contributed by atoms with E-state index in [4.69, 9.17) is 33.0 Å². The van der Waals surface area contributed by atoms with Crippen LogP contribution < -0.4 is 10.1 Å². The molecule has 0 aliphatic carbocycles. The Bertz CT molecular complexity index is 898. The number of carboxylic acid groups (broad SMARTS) is 1. The Morgan fingerprint density at radius 3 is 2.37 bits per heavy atom. The minimum atomic E-state index is -1.17. The maximum absolute atomic E-state index is 12.2. The molecule has 2 N–H and O–H groups in total. The molecular weight excluding hydrogens is 391 g/mol. The Kier molecular flexibility index (Phi) is 7.24. The van der Waals surface area contributed by atoms with Crippen molar-refractivity contribution in [1.82, 2.24) is 5.32 Å². The van der Waals surface area contributed by atoms with Crippen molar-refractivity contribution in [3.05, 3.63) is 69.2 Å². The van der Waals surface area contributed by atoms with E-state index in [-0.39, 0.29) is 27.9 Å². The molecule has 0 saturated heterocycles. The van der Waals surface area contributed by atoms with Crippen LogP contribution in [0.3, 0.4) is 0 Å². The molecule has 0 radical (unpaired) electrons. The second kappa shape index (κ2) is 9.62. The largest absolute Gasteiger partial charge is 0.479 e. The highest BCUT2D eigenvalue weighted by Gasteiger charge is 2.13. The van der Waals surface area contributed by atoms with Crippen molar-refractivity contribution < 1.29 is 19.4 Å². The van der Waals surface area contributed by atoms with Crippen molar-refractivity contribution in [2.24, 2.45) is 0 Å². The molecule has 6 nitrogen and oxygen atoms in total. The van der Waals surface area contributed by atoms with Crippen molar-refractivity contribution in [2.75, 3.05) is 6.61 Å². The van der Waals surface area contributed by atoms with Crippen LogP contribution in [0.15, 0.2) is 48.0 Å². The van der Waals surface area contributed by atoms with E-state index in [0.29, 0.717) is 5.56 Å². The molecular formula is C19H14Cl2N2O4. The van der Waals surface area contributed by atoms with Crippen molar-refractivity contribution in [2.45, 2.75) is 6.54 Å². The smallest absolute Gasteiger partial charge is 0.341 e. The molecule has 138 valence electrons. The lowest BCUT2D eigenvalue weighted by atomic mass is 10.1. The van der Waals surface area contributed by atoms with Crippen molar-refractivity contribution in [3.63, 3.8) is 0 Å². The van der Waals surface area contributed by atoms with E-state index < -0.39 is 18.5 Å². The van der Waals surface area contributed by atoms with Crippen LogP contribution in [-0.2, 0) is 16.1 Å². The predicted molar refractivity (Wildman–Crippen MR) is 101 cm³/mol. The van der Waals surface area contributed by atoms with E-state index >= 15 is 0 Å². The molecule has 2 aromatic carbocycles. The van der Waals surface area contributed by atoms with Crippen LogP contribution in [0.4, 0.5) is 0 Å². The molecule has 1 amide bonds. The zero-order chi connectivity index (χ0) is 19.8. The van der Waals surface area contributed by atoms with E-state index in [1.165, 1.54) is 18.2 Å². The number of halogens is 2. The van der Waals surface area contributed by atoms with Crippen LogP contribution >= 0.6 is 23.2 Å². The fraction of sp³-hybridized carbons (Fsp3) is 0.105. The number of amides is 1.